The van der Waals surface area contributed by atoms with Gasteiger partial charge in [-0.05, 0) is 44.4 Å². The van der Waals surface area contributed by atoms with Gasteiger partial charge >= 0.3 is 0 Å². The number of rotatable bonds is 3. The van der Waals surface area contributed by atoms with E-state index in [2.05, 4.69) is 30.9 Å². The lowest BCUT2D eigenvalue weighted by Gasteiger charge is -2.36. The Morgan fingerprint density at radius 3 is 2.62 bits per heavy atom. The minimum atomic E-state index is -0.892. The number of nitrogens with zero attached hydrogens (tertiary/aromatic N) is 1. The van der Waals surface area contributed by atoms with Crippen molar-refractivity contribution in [1.29, 1.82) is 0 Å². The van der Waals surface area contributed by atoms with Gasteiger partial charge in [0.25, 0.3) is 0 Å². The Bertz CT molecular complexity index is 639. The fraction of sp³-hybridized carbons (Fsp3) is 0.529. The fourth-order valence-electron chi connectivity index (χ4n) is 3.02. The molecule has 0 saturated carbocycles. The summed E-state index contributed by atoms with van der Waals surface area (Å²) in [6.45, 7) is 6.38. The number of furan rings is 1. The van der Waals surface area contributed by atoms with Crippen molar-refractivity contribution in [1.82, 2.24) is 4.90 Å². The standard InChI is InChI=1S/C17H23NO3/c1-12-3-4-15-14(9-12)13(2)16(21-15)10-18-7-5-17(20,11-19)6-8-18/h3-4,9,19-20H,5-8,10-11H2,1-2H3. The van der Waals surface area contributed by atoms with E-state index in [0.29, 0.717) is 12.8 Å². The second-order valence-electron chi connectivity index (χ2n) is 6.31. The highest BCUT2D eigenvalue weighted by Gasteiger charge is 2.31. The van der Waals surface area contributed by atoms with E-state index in [1.54, 1.807) is 0 Å². The van der Waals surface area contributed by atoms with E-state index in [-0.39, 0.29) is 6.61 Å². The van der Waals surface area contributed by atoms with Crippen LogP contribution in [-0.4, -0.2) is 40.4 Å². The molecule has 3 rings (SSSR count). The topological polar surface area (TPSA) is 56.8 Å². The van der Waals surface area contributed by atoms with Crippen molar-refractivity contribution in [2.75, 3.05) is 19.7 Å². The van der Waals surface area contributed by atoms with Gasteiger partial charge in [-0.1, -0.05) is 11.6 Å². The molecule has 2 aromatic rings. The van der Waals surface area contributed by atoms with Crippen LogP contribution in [0.4, 0.5) is 0 Å². The second-order valence-corrected chi connectivity index (χ2v) is 6.31. The van der Waals surface area contributed by atoms with Crippen molar-refractivity contribution in [2.24, 2.45) is 0 Å². The first-order valence-electron chi connectivity index (χ1n) is 7.55. The third kappa shape index (κ3) is 2.84. The van der Waals surface area contributed by atoms with Crippen LogP contribution in [0, 0.1) is 13.8 Å². The van der Waals surface area contributed by atoms with Gasteiger partial charge in [0.15, 0.2) is 0 Å². The number of hydrogen-bond donors (Lipinski definition) is 2. The summed E-state index contributed by atoms with van der Waals surface area (Å²) in [7, 11) is 0. The normalized spacial score (nSPS) is 19.2. The van der Waals surface area contributed by atoms with E-state index in [9.17, 15) is 10.2 Å². The van der Waals surface area contributed by atoms with Crippen molar-refractivity contribution in [3.63, 3.8) is 0 Å². The van der Waals surface area contributed by atoms with Crippen LogP contribution in [0.15, 0.2) is 22.6 Å². The summed E-state index contributed by atoms with van der Waals surface area (Å²) in [4.78, 5) is 2.28. The van der Waals surface area contributed by atoms with Crippen LogP contribution < -0.4 is 0 Å². The summed E-state index contributed by atoms with van der Waals surface area (Å²) >= 11 is 0. The number of benzene rings is 1. The third-order valence-electron chi connectivity index (χ3n) is 4.64. The molecule has 4 heteroatoms. The number of likely N-dealkylation sites (tertiary alicyclic amines) is 1. The Labute approximate surface area is 125 Å². The zero-order chi connectivity index (χ0) is 15.0. The van der Waals surface area contributed by atoms with E-state index in [1.165, 1.54) is 16.5 Å². The molecule has 0 spiro atoms. The average molecular weight is 289 g/mol. The molecule has 0 aliphatic carbocycles. The lowest BCUT2D eigenvalue weighted by molar-refractivity contribution is -0.0613. The van der Waals surface area contributed by atoms with Crippen LogP contribution in [0.25, 0.3) is 11.0 Å². The molecule has 0 bridgehead atoms. The molecule has 1 fully saturated rings. The number of aliphatic hydroxyl groups is 2. The SMILES string of the molecule is Cc1ccc2oc(CN3CCC(O)(CO)CC3)c(C)c2c1. The zero-order valence-electron chi connectivity index (χ0n) is 12.7. The Balaban J connectivity index is 1.76. The quantitative estimate of drug-likeness (QED) is 0.911. The number of aliphatic hydroxyl groups excluding tert-OH is 1. The van der Waals surface area contributed by atoms with Crippen LogP contribution in [0.5, 0.6) is 0 Å². The van der Waals surface area contributed by atoms with Crippen LogP contribution >= 0.6 is 0 Å². The molecule has 0 radical (unpaired) electrons. The molecule has 114 valence electrons. The number of aryl methyl sites for hydroxylation is 2. The van der Waals surface area contributed by atoms with Crippen molar-refractivity contribution in [2.45, 2.75) is 38.8 Å². The largest absolute Gasteiger partial charge is 0.459 e. The molecule has 2 N–H and O–H groups in total. The molecule has 1 aromatic heterocycles. The Hall–Kier alpha value is -1.36. The molecule has 2 heterocycles. The Morgan fingerprint density at radius 2 is 1.95 bits per heavy atom. The summed E-state index contributed by atoms with van der Waals surface area (Å²) in [6, 6.07) is 6.26. The highest BCUT2D eigenvalue weighted by atomic mass is 16.3. The minimum absolute atomic E-state index is 0.149. The molecular weight excluding hydrogens is 266 g/mol. The highest BCUT2D eigenvalue weighted by molar-refractivity contribution is 5.82. The lowest BCUT2D eigenvalue weighted by atomic mass is 9.92. The van der Waals surface area contributed by atoms with Gasteiger partial charge in [0.2, 0.25) is 0 Å². The number of fused-ring (bicyclic) bond motifs is 1. The van der Waals surface area contributed by atoms with Crippen molar-refractivity contribution >= 4 is 11.0 Å². The smallest absolute Gasteiger partial charge is 0.134 e. The fourth-order valence-corrected chi connectivity index (χ4v) is 3.02. The van der Waals surface area contributed by atoms with E-state index >= 15 is 0 Å². The summed E-state index contributed by atoms with van der Waals surface area (Å²) < 4.78 is 5.98. The summed E-state index contributed by atoms with van der Waals surface area (Å²) in [5, 5.41) is 20.5. The van der Waals surface area contributed by atoms with E-state index in [4.69, 9.17) is 4.42 Å². The van der Waals surface area contributed by atoms with Gasteiger partial charge < -0.3 is 14.6 Å². The van der Waals surface area contributed by atoms with Crippen LogP contribution in [0.1, 0.15) is 29.7 Å². The summed E-state index contributed by atoms with van der Waals surface area (Å²) in [6.07, 6.45) is 1.23. The minimum Gasteiger partial charge on any atom is -0.459 e. The molecular formula is C17H23NO3. The molecule has 0 amide bonds. The lowest BCUT2D eigenvalue weighted by Crippen LogP contribution is -2.46. The molecule has 4 nitrogen and oxygen atoms in total. The van der Waals surface area contributed by atoms with E-state index in [0.717, 1.165) is 31.0 Å². The van der Waals surface area contributed by atoms with Gasteiger partial charge in [-0.25, -0.2) is 0 Å². The van der Waals surface area contributed by atoms with Gasteiger partial charge in [-0.3, -0.25) is 4.90 Å². The van der Waals surface area contributed by atoms with Crippen molar-refractivity contribution in [3.05, 3.63) is 35.1 Å². The maximum atomic E-state index is 10.1. The third-order valence-corrected chi connectivity index (χ3v) is 4.64. The summed E-state index contributed by atoms with van der Waals surface area (Å²) in [5.41, 5.74) is 2.49. The zero-order valence-corrected chi connectivity index (χ0v) is 12.7. The molecule has 0 atom stereocenters. The molecule has 1 aliphatic heterocycles. The first-order valence-corrected chi connectivity index (χ1v) is 7.55. The molecule has 0 unspecified atom stereocenters. The number of piperidine rings is 1. The van der Waals surface area contributed by atoms with Crippen molar-refractivity contribution in [3.8, 4) is 0 Å². The van der Waals surface area contributed by atoms with E-state index in [1.807, 2.05) is 6.07 Å². The molecule has 1 aromatic carbocycles. The van der Waals surface area contributed by atoms with Gasteiger partial charge in [0.05, 0.1) is 18.8 Å². The van der Waals surface area contributed by atoms with Crippen LogP contribution in [-0.2, 0) is 6.54 Å². The first-order chi connectivity index (χ1) is 10.0. The van der Waals surface area contributed by atoms with Gasteiger partial charge in [0.1, 0.15) is 11.3 Å². The molecule has 21 heavy (non-hydrogen) atoms. The second kappa shape index (κ2) is 5.44. The highest BCUT2D eigenvalue weighted by Crippen LogP contribution is 2.29. The number of hydrogen-bond acceptors (Lipinski definition) is 4. The van der Waals surface area contributed by atoms with Gasteiger partial charge in [0, 0.05) is 18.5 Å². The van der Waals surface area contributed by atoms with Gasteiger partial charge in [-0.2, -0.15) is 0 Å². The van der Waals surface area contributed by atoms with E-state index < -0.39 is 5.60 Å². The van der Waals surface area contributed by atoms with Crippen molar-refractivity contribution < 1.29 is 14.6 Å². The predicted molar refractivity (Wildman–Crippen MR) is 82.2 cm³/mol. The maximum absolute atomic E-state index is 10.1. The van der Waals surface area contributed by atoms with Crippen LogP contribution in [0.2, 0.25) is 0 Å². The Kier molecular flexibility index (Phi) is 3.78. The van der Waals surface area contributed by atoms with Gasteiger partial charge in [-0.15, -0.1) is 0 Å². The average Bonchev–Trinajstić information content (AvgIpc) is 2.78. The Morgan fingerprint density at radius 1 is 1.24 bits per heavy atom. The molecule has 1 saturated heterocycles. The van der Waals surface area contributed by atoms with Crippen LogP contribution in [0.3, 0.4) is 0 Å². The molecule has 1 aliphatic rings. The monoisotopic (exact) mass is 289 g/mol. The summed E-state index contributed by atoms with van der Waals surface area (Å²) in [5.74, 6) is 1.00. The first kappa shape index (κ1) is 14.6. The maximum Gasteiger partial charge on any atom is 0.134 e. The predicted octanol–water partition coefficient (Wildman–Crippen LogP) is 2.37.